The van der Waals surface area contributed by atoms with Gasteiger partial charge in [-0.3, -0.25) is 4.79 Å². The van der Waals surface area contributed by atoms with Gasteiger partial charge in [0.1, 0.15) is 12.1 Å². The van der Waals surface area contributed by atoms with E-state index >= 15 is 0 Å². The lowest BCUT2D eigenvalue weighted by Gasteiger charge is -2.17. The summed E-state index contributed by atoms with van der Waals surface area (Å²) < 4.78 is 0. The van der Waals surface area contributed by atoms with Gasteiger partial charge in [-0.25, -0.2) is 14.4 Å². The number of carboxylic acids is 2. The first-order chi connectivity index (χ1) is 10.4. The maximum absolute atomic E-state index is 11.6. The van der Waals surface area contributed by atoms with Crippen molar-refractivity contribution in [3.05, 3.63) is 0 Å². The molecule has 9 heteroatoms. The van der Waals surface area contributed by atoms with Crippen molar-refractivity contribution in [1.82, 2.24) is 16.0 Å². The summed E-state index contributed by atoms with van der Waals surface area (Å²) in [5, 5.41) is 24.6. The molecule has 122 valence electrons. The quantitative estimate of drug-likeness (QED) is 0.190. The minimum atomic E-state index is -1.31. The fourth-order valence-electron chi connectivity index (χ4n) is 1.57. The number of carboxylic acid groups (broad SMARTS) is 2. The minimum Gasteiger partial charge on any atom is -0.480 e. The fraction of sp³-hybridized carbons (Fsp3) is 0.538. The third-order valence-electron chi connectivity index (χ3n) is 2.68. The summed E-state index contributed by atoms with van der Waals surface area (Å²) in [6.07, 6.45) is 6.49. The molecule has 2 atom stereocenters. The number of terminal acetylenes is 1. The lowest BCUT2D eigenvalue weighted by molar-refractivity contribution is -0.139. The second kappa shape index (κ2) is 11.0. The Bertz CT molecular complexity index is 446. The largest absolute Gasteiger partial charge is 0.480 e. The molecule has 9 nitrogen and oxygen atoms in total. The number of hydrogen-bond donors (Lipinski definition) is 5. The van der Waals surface area contributed by atoms with Crippen LogP contribution in [0.25, 0.3) is 0 Å². The number of rotatable bonds is 11. The fourth-order valence-corrected chi connectivity index (χ4v) is 1.57. The van der Waals surface area contributed by atoms with Crippen LogP contribution >= 0.6 is 0 Å². The van der Waals surface area contributed by atoms with Gasteiger partial charge >= 0.3 is 18.0 Å². The highest BCUT2D eigenvalue weighted by Crippen LogP contribution is 2.01. The zero-order valence-electron chi connectivity index (χ0n) is 11.9. The Morgan fingerprint density at radius 2 is 1.68 bits per heavy atom. The molecule has 5 N–H and O–H groups in total. The van der Waals surface area contributed by atoms with E-state index < -0.39 is 30.1 Å². The van der Waals surface area contributed by atoms with Crippen molar-refractivity contribution in [2.24, 2.45) is 0 Å². The number of urea groups is 1. The Balaban J connectivity index is 4.34. The van der Waals surface area contributed by atoms with Gasteiger partial charge < -0.3 is 26.2 Å². The first-order valence-electron chi connectivity index (χ1n) is 6.55. The maximum atomic E-state index is 11.6. The molecular formula is C13H19N3O6. The summed E-state index contributed by atoms with van der Waals surface area (Å²) in [7, 11) is 0. The molecule has 0 aliphatic rings. The smallest absolute Gasteiger partial charge is 0.327 e. The summed E-state index contributed by atoms with van der Waals surface area (Å²) in [4.78, 5) is 43.5. The van der Waals surface area contributed by atoms with E-state index in [1.165, 1.54) is 0 Å². The molecule has 0 saturated carbocycles. The molecule has 2 unspecified atom stereocenters. The van der Waals surface area contributed by atoms with Gasteiger partial charge in [0, 0.05) is 13.0 Å². The van der Waals surface area contributed by atoms with Crippen LogP contribution in [0, 0.1) is 12.3 Å². The Morgan fingerprint density at radius 1 is 1.09 bits per heavy atom. The minimum absolute atomic E-state index is 0.149. The van der Waals surface area contributed by atoms with Crippen molar-refractivity contribution in [1.29, 1.82) is 0 Å². The van der Waals surface area contributed by atoms with Crippen LogP contribution < -0.4 is 16.0 Å². The zero-order chi connectivity index (χ0) is 17.0. The Kier molecular flexibility index (Phi) is 9.59. The van der Waals surface area contributed by atoms with E-state index in [9.17, 15) is 19.2 Å². The van der Waals surface area contributed by atoms with Crippen molar-refractivity contribution in [3.8, 4) is 12.3 Å². The number of aliphatic carboxylic acids is 2. The Hall–Kier alpha value is -2.76. The monoisotopic (exact) mass is 313 g/mol. The van der Waals surface area contributed by atoms with Gasteiger partial charge in [0.2, 0.25) is 6.41 Å². The van der Waals surface area contributed by atoms with Gasteiger partial charge in [0.15, 0.2) is 0 Å². The molecule has 0 aliphatic heterocycles. The number of amides is 3. The first-order valence-corrected chi connectivity index (χ1v) is 6.55. The average molecular weight is 313 g/mol. The lowest BCUT2D eigenvalue weighted by atomic mass is 10.1. The third-order valence-corrected chi connectivity index (χ3v) is 2.68. The zero-order valence-corrected chi connectivity index (χ0v) is 11.9. The van der Waals surface area contributed by atoms with Crippen LogP contribution in [0.1, 0.15) is 25.7 Å². The molecule has 3 amide bonds. The summed E-state index contributed by atoms with van der Waals surface area (Å²) >= 11 is 0. The highest BCUT2D eigenvalue weighted by molar-refractivity contribution is 5.86. The third kappa shape index (κ3) is 8.42. The van der Waals surface area contributed by atoms with E-state index in [4.69, 9.17) is 16.6 Å². The van der Waals surface area contributed by atoms with Crippen LogP contribution in [-0.2, 0) is 14.4 Å². The first kappa shape index (κ1) is 19.2. The summed E-state index contributed by atoms with van der Waals surface area (Å²) in [6.45, 7) is 0.408. The number of unbranched alkanes of at least 4 members (excludes halogenated alkanes) is 1. The molecule has 0 aromatic heterocycles. The van der Waals surface area contributed by atoms with Crippen molar-refractivity contribution >= 4 is 24.4 Å². The topological polar surface area (TPSA) is 145 Å². The second-order valence-corrected chi connectivity index (χ2v) is 4.38. The van der Waals surface area contributed by atoms with E-state index in [-0.39, 0.29) is 12.8 Å². The van der Waals surface area contributed by atoms with Crippen molar-refractivity contribution in [2.75, 3.05) is 6.54 Å². The van der Waals surface area contributed by atoms with Gasteiger partial charge in [-0.1, -0.05) is 0 Å². The van der Waals surface area contributed by atoms with Gasteiger partial charge in [0.05, 0.1) is 0 Å². The molecule has 0 rings (SSSR count). The molecule has 22 heavy (non-hydrogen) atoms. The number of nitrogens with one attached hydrogen (secondary N) is 3. The molecule has 0 fully saturated rings. The predicted octanol–water partition coefficient (Wildman–Crippen LogP) is -0.868. The van der Waals surface area contributed by atoms with E-state index in [0.29, 0.717) is 25.8 Å². The van der Waals surface area contributed by atoms with E-state index in [1.807, 2.05) is 0 Å². The molecule has 0 aliphatic carbocycles. The summed E-state index contributed by atoms with van der Waals surface area (Å²) in [5.41, 5.74) is 0. The Morgan fingerprint density at radius 3 is 2.18 bits per heavy atom. The van der Waals surface area contributed by atoms with Gasteiger partial charge in [-0.2, -0.15) is 0 Å². The lowest BCUT2D eigenvalue weighted by Crippen LogP contribution is -2.51. The highest BCUT2D eigenvalue weighted by atomic mass is 16.4. The Labute approximate surface area is 127 Å². The summed E-state index contributed by atoms with van der Waals surface area (Å²) in [5.74, 6) is -0.430. The van der Waals surface area contributed by atoms with Crippen LogP contribution in [0.3, 0.4) is 0 Å². The van der Waals surface area contributed by atoms with Crippen LogP contribution in [-0.4, -0.2) is 53.2 Å². The number of hydrogen-bond acceptors (Lipinski definition) is 4. The molecule has 0 spiro atoms. The van der Waals surface area contributed by atoms with Gasteiger partial charge in [0.25, 0.3) is 0 Å². The number of carbonyl (C=O) groups excluding carboxylic acids is 2. The predicted molar refractivity (Wildman–Crippen MR) is 75.9 cm³/mol. The van der Waals surface area contributed by atoms with E-state index in [0.717, 1.165) is 0 Å². The van der Waals surface area contributed by atoms with E-state index in [2.05, 4.69) is 21.9 Å². The normalized spacial score (nSPS) is 12.3. The molecule has 0 aromatic rings. The molecule has 0 heterocycles. The van der Waals surface area contributed by atoms with Gasteiger partial charge in [-0.15, -0.1) is 12.3 Å². The van der Waals surface area contributed by atoms with Crippen LogP contribution in [0.5, 0.6) is 0 Å². The molecule has 0 aromatic carbocycles. The molecular weight excluding hydrogens is 294 g/mol. The maximum Gasteiger partial charge on any atom is 0.327 e. The van der Waals surface area contributed by atoms with Crippen LogP contribution in [0.15, 0.2) is 0 Å². The average Bonchev–Trinajstić information content (AvgIpc) is 2.45. The van der Waals surface area contributed by atoms with Crippen LogP contribution in [0.2, 0.25) is 0 Å². The summed E-state index contributed by atoms with van der Waals surface area (Å²) in [6, 6.07) is -3.35. The van der Waals surface area contributed by atoms with Crippen molar-refractivity contribution < 1.29 is 29.4 Å². The van der Waals surface area contributed by atoms with Crippen molar-refractivity contribution in [3.63, 3.8) is 0 Å². The molecule has 0 radical (unpaired) electrons. The second-order valence-electron chi connectivity index (χ2n) is 4.38. The van der Waals surface area contributed by atoms with Crippen molar-refractivity contribution in [2.45, 2.75) is 37.8 Å². The van der Waals surface area contributed by atoms with Gasteiger partial charge in [-0.05, 0) is 19.3 Å². The molecule has 0 saturated heterocycles. The number of carbonyl (C=O) groups is 4. The standard InChI is InChI=1S/C13H19N3O6/c1-2-5-9(11(18)19)15-13(22)16-10(12(20)21)6-3-4-7-14-8-17/h1,8-10H,3-7H2,(H,14,17)(H,18,19)(H,20,21)(H2,15,16,22). The van der Waals surface area contributed by atoms with Crippen LogP contribution in [0.4, 0.5) is 4.79 Å². The highest BCUT2D eigenvalue weighted by Gasteiger charge is 2.23. The molecule has 0 bridgehead atoms. The van der Waals surface area contributed by atoms with E-state index in [1.54, 1.807) is 0 Å². The SMILES string of the molecule is C#CCC(NC(=O)NC(CCCCNC=O)C(=O)O)C(=O)O.